The summed E-state index contributed by atoms with van der Waals surface area (Å²) in [6, 6.07) is 11.7. The molecule has 1 atom stereocenters. The van der Waals surface area contributed by atoms with Gasteiger partial charge in [0.1, 0.15) is 0 Å². The summed E-state index contributed by atoms with van der Waals surface area (Å²) in [5, 5.41) is 8.95. The van der Waals surface area contributed by atoms with Crippen LogP contribution in [0, 0.1) is 25.7 Å². The van der Waals surface area contributed by atoms with E-state index in [4.69, 9.17) is 0 Å². The van der Waals surface area contributed by atoms with Gasteiger partial charge in [-0.1, -0.05) is 12.1 Å². The summed E-state index contributed by atoms with van der Waals surface area (Å²) < 4.78 is 39.0. The van der Waals surface area contributed by atoms with Gasteiger partial charge in [0.2, 0.25) is 11.8 Å². The third-order valence-corrected chi connectivity index (χ3v) is 7.11. The lowest BCUT2D eigenvalue weighted by molar-refractivity contribution is -0.179. The highest BCUT2D eigenvalue weighted by atomic mass is 19.4. The van der Waals surface area contributed by atoms with Crippen molar-refractivity contribution < 1.29 is 22.8 Å². The molecular formula is C26H31F3N4O2. The fourth-order valence-corrected chi connectivity index (χ4v) is 4.72. The van der Waals surface area contributed by atoms with E-state index in [1.165, 1.54) is 0 Å². The first-order valence-corrected chi connectivity index (χ1v) is 11.9. The van der Waals surface area contributed by atoms with Crippen LogP contribution in [0.15, 0.2) is 36.4 Å². The second-order valence-corrected chi connectivity index (χ2v) is 9.43. The van der Waals surface area contributed by atoms with E-state index in [2.05, 4.69) is 20.9 Å². The average molecular weight is 489 g/mol. The lowest BCUT2D eigenvalue weighted by Gasteiger charge is -2.35. The summed E-state index contributed by atoms with van der Waals surface area (Å²) in [7, 11) is 0. The van der Waals surface area contributed by atoms with Crippen molar-refractivity contribution in [2.75, 3.05) is 29.9 Å². The summed E-state index contributed by atoms with van der Waals surface area (Å²) in [5.74, 6) is -1.74. The SMILES string of the molecule is Cc1c(Nc2ccc(CNC(=O)C3CNC(=O)C3)cc2)ccc(N2CCC(C(F)(F)F)CC2)c1C. The number of benzene rings is 2. The number of nitrogens with one attached hydrogen (secondary N) is 3. The standard InChI is InChI=1S/C26H31F3N4O2/c1-16-17(2)23(33-11-9-20(10-12-33)26(27,28)29)8-7-22(16)32-21-5-3-18(4-6-21)14-31-25(35)19-13-24(34)30-15-19/h3-8,19-20,32H,9-15H2,1-2H3,(H,30,34)(H,31,35). The molecule has 9 heteroatoms. The predicted molar refractivity (Wildman–Crippen MR) is 130 cm³/mol. The molecule has 2 aromatic carbocycles. The lowest BCUT2D eigenvalue weighted by atomic mass is 9.95. The minimum Gasteiger partial charge on any atom is -0.371 e. The molecule has 2 saturated heterocycles. The maximum atomic E-state index is 13.0. The second-order valence-electron chi connectivity index (χ2n) is 9.43. The molecular weight excluding hydrogens is 457 g/mol. The van der Waals surface area contributed by atoms with Gasteiger partial charge in [-0.25, -0.2) is 0 Å². The number of piperidine rings is 1. The van der Waals surface area contributed by atoms with Crippen molar-refractivity contribution in [2.24, 2.45) is 11.8 Å². The average Bonchev–Trinajstić information content (AvgIpc) is 3.27. The molecule has 0 spiro atoms. The Bertz CT molecular complexity index is 1080. The van der Waals surface area contributed by atoms with Gasteiger partial charge < -0.3 is 20.9 Å². The summed E-state index contributed by atoms with van der Waals surface area (Å²) >= 11 is 0. The molecule has 4 rings (SSSR count). The van der Waals surface area contributed by atoms with Gasteiger partial charge in [0.25, 0.3) is 0 Å². The zero-order valence-corrected chi connectivity index (χ0v) is 20.0. The van der Waals surface area contributed by atoms with Crippen LogP contribution in [-0.4, -0.2) is 37.6 Å². The molecule has 188 valence electrons. The Kier molecular flexibility index (Phi) is 7.23. The van der Waals surface area contributed by atoms with E-state index >= 15 is 0 Å². The molecule has 2 aliphatic rings. The van der Waals surface area contributed by atoms with Crippen LogP contribution in [0.25, 0.3) is 0 Å². The predicted octanol–water partition coefficient (Wildman–Crippen LogP) is 4.58. The number of nitrogens with zero attached hydrogens (tertiary/aromatic N) is 1. The van der Waals surface area contributed by atoms with Gasteiger partial charge in [0.05, 0.1) is 11.8 Å². The number of anilines is 3. The fourth-order valence-electron chi connectivity index (χ4n) is 4.72. The number of amides is 2. The molecule has 2 fully saturated rings. The smallest absolute Gasteiger partial charge is 0.371 e. The molecule has 2 aliphatic heterocycles. The van der Waals surface area contributed by atoms with Gasteiger partial charge in [-0.2, -0.15) is 13.2 Å². The van der Waals surface area contributed by atoms with Gasteiger partial charge in [0.15, 0.2) is 0 Å². The largest absolute Gasteiger partial charge is 0.391 e. The third kappa shape index (κ3) is 5.89. The van der Waals surface area contributed by atoms with E-state index in [-0.39, 0.29) is 37.0 Å². The maximum absolute atomic E-state index is 13.0. The monoisotopic (exact) mass is 488 g/mol. The Balaban J connectivity index is 1.34. The van der Waals surface area contributed by atoms with Crippen molar-refractivity contribution in [1.29, 1.82) is 0 Å². The number of carbonyl (C=O) groups excluding carboxylic acids is 2. The molecule has 1 unspecified atom stereocenters. The molecule has 2 aromatic rings. The molecule has 2 amide bonds. The van der Waals surface area contributed by atoms with Gasteiger partial charge >= 0.3 is 6.18 Å². The topological polar surface area (TPSA) is 73.5 Å². The summed E-state index contributed by atoms with van der Waals surface area (Å²) in [6.07, 6.45) is -3.62. The summed E-state index contributed by atoms with van der Waals surface area (Å²) in [6.45, 7) is 5.60. The van der Waals surface area contributed by atoms with Crippen molar-refractivity contribution in [2.45, 2.75) is 45.8 Å². The highest BCUT2D eigenvalue weighted by Gasteiger charge is 2.41. The molecule has 0 aliphatic carbocycles. The fraction of sp³-hybridized carbons (Fsp3) is 0.462. The molecule has 0 bridgehead atoms. The second kappa shape index (κ2) is 10.2. The number of alkyl halides is 3. The van der Waals surface area contributed by atoms with E-state index in [9.17, 15) is 22.8 Å². The molecule has 0 saturated carbocycles. The van der Waals surface area contributed by atoms with E-state index in [0.29, 0.717) is 26.2 Å². The Morgan fingerprint density at radius 2 is 1.74 bits per heavy atom. The molecule has 3 N–H and O–H groups in total. The number of hydrogen-bond donors (Lipinski definition) is 3. The van der Waals surface area contributed by atoms with Crippen LogP contribution in [-0.2, 0) is 16.1 Å². The van der Waals surface area contributed by atoms with Gasteiger partial charge in [-0.15, -0.1) is 0 Å². The lowest BCUT2D eigenvalue weighted by Crippen LogP contribution is -2.39. The molecule has 35 heavy (non-hydrogen) atoms. The van der Waals surface area contributed by atoms with E-state index < -0.39 is 12.1 Å². The minimum atomic E-state index is -4.11. The van der Waals surface area contributed by atoms with Crippen molar-refractivity contribution in [3.05, 3.63) is 53.1 Å². The molecule has 0 aromatic heterocycles. The van der Waals surface area contributed by atoms with Crippen LogP contribution >= 0.6 is 0 Å². The van der Waals surface area contributed by atoms with Crippen LogP contribution in [0.1, 0.15) is 36.0 Å². The first kappa shape index (κ1) is 24.9. The van der Waals surface area contributed by atoms with E-state index in [1.54, 1.807) is 0 Å². The number of carbonyl (C=O) groups is 2. The first-order chi connectivity index (χ1) is 16.6. The minimum absolute atomic E-state index is 0.0924. The number of halogens is 3. The van der Waals surface area contributed by atoms with Gasteiger partial charge in [-0.3, -0.25) is 9.59 Å². The summed E-state index contributed by atoms with van der Waals surface area (Å²) in [4.78, 5) is 25.5. The van der Waals surface area contributed by atoms with Crippen molar-refractivity contribution in [3.8, 4) is 0 Å². The van der Waals surface area contributed by atoms with Crippen molar-refractivity contribution in [3.63, 3.8) is 0 Å². The zero-order chi connectivity index (χ0) is 25.2. The Labute approximate surface area is 203 Å². The highest BCUT2D eigenvalue weighted by molar-refractivity contribution is 5.89. The molecule has 6 nitrogen and oxygen atoms in total. The van der Waals surface area contributed by atoms with Gasteiger partial charge in [0, 0.05) is 49.7 Å². The number of hydrogen-bond acceptors (Lipinski definition) is 4. The Morgan fingerprint density at radius 3 is 2.34 bits per heavy atom. The van der Waals surface area contributed by atoms with Crippen LogP contribution in [0.4, 0.5) is 30.2 Å². The van der Waals surface area contributed by atoms with Crippen LogP contribution < -0.4 is 20.9 Å². The molecule has 0 radical (unpaired) electrons. The van der Waals surface area contributed by atoms with Crippen molar-refractivity contribution in [1.82, 2.24) is 10.6 Å². The molecule has 2 heterocycles. The number of rotatable bonds is 6. The normalized spacial score (nSPS) is 18.9. The Hall–Kier alpha value is -3.23. The summed E-state index contributed by atoms with van der Waals surface area (Å²) in [5.41, 5.74) is 5.88. The first-order valence-electron chi connectivity index (χ1n) is 11.9. The van der Waals surface area contributed by atoms with Crippen LogP contribution in [0.2, 0.25) is 0 Å². The van der Waals surface area contributed by atoms with Gasteiger partial charge in [-0.05, 0) is 67.6 Å². The van der Waals surface area contributed by atoms with Crippen LogP contribution in [0.5, 0.6) is 0 Å². The zero-order valence-electron chi connectivity index (χ0n) is 20.0. The van der Waals surface area contributed by atoms with E-state index in [0.717, 1.165) is 33.8 Å². The quantitative estimate of drug-likeness (QED) is 0.557. The van der Waals surface area contributed by atoms with E-state index in [1.807, 2.05) is 50.2 Å². The third-order valence-electron chi connectivity index (χ3n) is 7.11. The highest BCUT2D eigenvalue weighted by Crippen LogP contribution is 2.37. The van der Waals surface area contributed by atoms with Crippen LogP contribution in [0.3, 0.4) is 0 Å². The van der Waals surface area contributed by atoms with Crippen molar-refractivity contribution >= 4 is 28.9 Å². The maximum Gasteiger partial charge on any atom is 0.391 e. The Morgan fingerprint density at radius 1 is 1.06 bits per heavy atom.